The van der Waals surface area contributed by atoms with Crippen molar-refractivity contribution in [2.75, 3.05) is 26.3 Å². The highest BCUT2D eigenvalue weighted by molar-refractivity contribution is 5.89. The average molecular weight is 407 g/mol. The predicted octanol–water partition coefficient (Wildman–Crippen LogP) is 3.03. The number of hydrogen-bond acceptors (Lipinski definition) is 4. The maximum absolute atomic E-state index is 12.3. The van der Waals surface area contributed by atoms with E-state index in [1.165, 1.54) is 17.3 Å². The molecule has 0 bridgehead atoms. The second-order valence-electron chi connectivity index (χ2n) is 8.02. The third-order valence-corrected chi connectivity index (χ3v) is 6.41. The first-order chi connectivity index (χ1) is 14.6. The fraction of sp³-hybridized carbons (Fsp3) is 0.391. The Morgan fingerprint density at radius 2 is 2.00 bits per heavy atom. The van der Waals surface area contributed by atoms with Crippen molar-refractivity contribution in [2.45, 2.75) is 32.4 Å². The molecular formula is C23H25N3O4. The monoisotopic (exact) mass is 407 g/mol. The lowest BCUT2D eigenvalue weighted by atomic mass is 10.0. The maximum atomic E-state index is 12.3. The van der Waals surface area contributed by atoms with Gasteiger partial charge in [-0.3, -0.25) is 9.69 Å². The molecule has 1 atom stereocenters. The van der Waals surface area contributed by atoms with E-state index in [4.69, 9.17) is 4.74 Å². The summed E-state index contributed by atoms with van der Waals surface area (Å²) in [7, 11) is 0. The van der Waals surface area contributed by atoms with Crippen LogP contribution in [0.5, 0.6) is 0 Å². The molecule has 0 radical (unpaired) electrons. The van der Waals surface area contributed by atoms with Crippen molar-refractivity contribution < 1.29 is 14.6 Å². The van der Waals surface area contributed by atoms with Crippen molar-refractivity contribution in [2.24, 2.45) is 0 Å². The Labute approximate surface area is 173 Å². The van der Waals surface area contributed by atoms with E-state index in [-0.39, 0.29) is 5.56 Å². The minimum Gasteiger partial charge on any atom is -0.477 e. The largest absolute Gasteiger partial charge is 0.477 e. The number of hydrogen-bond donors (Lipinski definition) is 2. The van der Waals surface area contributed by atoms with Gasteiger partial charge in [0.05, 0.1) is 24.9 Å². The van der Waals surface area contributed by atoms with Gasteiger partial charge in [-0.15, -0.1) is 0 Å². The van der Waals surface area contributed by atoms with E-state index in [0.717, 1.165) is 55.8 Å². The van der Waals surface area contributed by atoms with Gasteiger partial charge in [0.25, 0.3) is 5.56 Å². The topological polar surface area (TPSA) is 87.6 Å². The molecule has 0 aliphatic carbocycles. The number of morpholine rings is 1. The number of ether oxygens (including phenoxy) is 1. The van der Waals surface area contributed by atoms with Gasteiger partial charge in [0.15, 0.2) is 0 Å². The molecule has 2 aromatic heterocycles. The minimum absolute atomic E-state index is 0.215. The summed E-state index contributed by atoms with van der Waals surface area (Å²) in [6.07, 6.45) is 1.76. The SMILES string of the molecule is CCc1cc(C(=O)O)c(=O)[nH]c1-c1ccc2c(c1)cc1n2CCC1N1CCOCC1. The van der Waals surface area contributed by atoms with E-state index in [9.17, 15) is 14.7 Å². The van der Waals surface area contributed by atoms with Gasteiger partial charge in [-0.05, 0) is 48.2 Å². The minimum atomic E-state index is -1.20. The number of aromatic nitrogens is 2. The van der Waals surface area contributed by atoms with Crippen LogP contribution in [-0.4, -0.2) is 51.8 Å². The summed E-state index contributed by atoms with van der Waals surface area (Å²) in [5, 5.41) is 10.4. The van der Waals surface area contributed by atoms with E-state index in [0.29, 0.717) is 18.2 Å². The molecule has 1 saturated heterocycles. The highest BCUT2D eigenvalue weighted by Gasteiger charge is 2.30. The van der Waals surface area contributed by atoms with Gasteiger partial charge in [0, 0.05) is 36.2 Å². The third kappa shape index (κ3) is 3.05. The van der Waals surface area contributed by atoms with Gasteiger partial charge < -0.3 is 19.4 Å². The number of nitrogens with one attached hydrogen (secondary N) is 1. The number of carboxylic acids is 1. The van der Waals surface area contributed by atoms with Gasteiger partial charge in [0.2, 0.25) is 0 Å². The van der Waals surface area contributed by atoms with Crippen LogP contribution in [0.2, 0.25) is 0 Å². The van der Waals surface area contributed by atoms with Gasteiger partial charge in [-0.2, -0.15) is 0 Å². The number of pyridine rings is 1. The molecule has 30 heavy (non-hydrogen) atoms. The van der Waals surface area contributed by atoms with Crippen LogP contribution in [-0.2, 0) is 17.7 Å². The zero-order chi connectivity index (χ0) is 20.8. The molecule has 156 valence electrons. The van der Waals surface area contributed by atoms with Crippen molar-refractivity contribution in [3.8, 4) is 11.3 Å². The molecule has 4 heterocycles. The van der Waals surface area contributed by atoms with E-state index in [2.05, 4.69) is 32.7 Å². The summed E-state index contributed by atoms with van der Waals surface area (Å²) in [5.74, 6) is -1.20. The standard InChI is InChI=1S/C23H25N3O4/c1-2-14-12-17(23(28)29)22(27)24-21(14)15-3-4-18-16(11-15)13-20-19(5-6-26(18)20)25-7-9-30-10-8-25/h3-4,11-13,19H,2,5-10H2,1H3,(H,24,27)(H,28,29). The fourth-order valence-electron chi connectivity index (χ4n) is 4.90. The highest BCUT2D eigenvalue weighted by Crippen LogP contribution is 2.38. The molecule has 3 aromatic rings. The number of fused-ring (bicyclic) bond motifs is 3. The Balaban J connectivity index is 1.56. The van der Waals surface area contributed by atoms with Crippen molar-refractivity contribution in [1.82, 2.24) is 14.5 Å². The zero-order valence-corrected chi connectivity index (χ0v) is 17.0. The lowest BCUT2D eigenvalue weighted by molar-refractivity contribution is 0.0164. The smallest absolute Gasteiger partial charge is 0.341 e. The number of benzene rings is 1. The first kappa shape index (κ1) is 19.1. The molecule has 5 rings (SSSR count). The van der Waals surface area contributed by atoms with E-state index >= 15 is 0 Å². The van der Waals surface area contributed by atoms with Gasteiger partial charge in [-0.1, -0.05) is 13.0 Å². The van der Waals surface area contributed by atoms with Crippen molar-refractivity contribution in [3.05, 3.63) is 57.5 Å². The summed E-state index contributed by atoms with van der Waals surface area (Å²) < 4.78 is 7.91. The molecule has 1 aromatic carbocycles. The summed E-state index contributed by atoms with van der Waals surface area (Å²) >= 11 is 0. The summed E-state index contributed by atoms with van der Waals surface area (Å²) in [6.45, 7) is 6.48. The van der Waals surface area contributed by atoms with Gasteiger partial charge >= 0.3 is 5.97 Å². The number of H-pyrrole nitrogens is 1. The Hall–Kier alpha value is -2.90. The Morgan fingerprint density at radius 3 is 2.73 bits per heavy atom. The normalized spacial score (nSPS) is 19.3. The number of aromatic amines is 1. The van der Waals surface area contributed by atoms with E-state index < -0.39 is 11.5 Å². The van der Waals surface area contributed by atoms with Crippen molar-refractivity contribution in [3.63, 3.8) is 0 Å². The predicted molar refractivity (Wildman–Crippen MR) is 114 cm³/mol. The number of rotatable bonds is 4. The van der Waals surface area contributed by atoms with Crippen LogP contribution in [0.15, 0.2) is 35.1 Å². The summed E-state index contributed by atoms with van der Waals surface area (Å²) in [6, 6.07) is 10.4. The first-order valence-electron chi connectivity index (χ1n) is 10.5. The van der Waals surface area contributed by atoms with Crippen LogP contribution in [0.4, 0.5) is 0 Å². The molecule has 2 aliphatic heterocycles. The van der Waals surface area contributed by atoms with Crippen molar-refractivity contribution in [1.29, 1.82) is 0 Å². The maximum Gasteiger partial charge on any atom is 0.341 e. The number of carboxylic acid groups (broad SMARTS) is 1. The Morgan fingerprint density at radius 1 is 1.20 bits per heavy atom. The van der Waals surface area contributed by atoms with E-state index in [1.54, 1.807) is 0 Å². The van der Waals surface area contributed by atoms with Crippen LogP contribution < -0.4 is 5.56 Å². The first-order valence-corrected chi connectivity index (χ1v) is 10.5. The second-order valence-corrected chi connectivity index (χ2v) is 8.02. The van der Waals surface area contributed by atoms with Crippen LogP contribution >= 0.6 is 0 Å². The van der Waals surface area contributed by atoms with Crippen LogP contribution in [0, 0.1) is 0 Å². The fourth-order valence-corrected chi connectivity index (χ4v) is 4.90. The number of aryl methyl sites for hydroxylation is 2. The molecule has 7 nitrogen and oxygen atoms in total. The average Bonchev–Trinajstić information content (AvgIpc) is 3.32. The lowest BCUT2D eigenvalue weighted by Crippen LogP contribution is -2.38. The molecular weight excluding hydrogens is 382 g/mol. The molecule has 2 N–H and O–H groups in total. The molecule has 0 spiro atoms. The second kappa shape index (κ2) is 7.41. The highest BCUT2D eigenvalue weighted by atomic mass is 16.5. The van der Waals surface area contributed by atoms with Crippen LogP contribution in [0.3, 0.4) is 0 Å². The van der Waals surface area contributed by atoms with Crippen molar-refractivity contribution >= 4 is 16.9 Å². The molecule has 1 unspecified atom stereocenters. The summed E-state index contributed by atoms with van der Waals surface area (Å²) in [5.41, 5.74) is 4.19. The van der Waals surface area contributed by atoms with Gasteiger partial charge in [0.1, 0.15) is 5.56 Å². The van der Waals surface area contributed by atoms with Crippen LogP contribution in [0.1, 0.15) is 41.0 Å². The molecule has 0 saturated carbocycles. The third-order valence-electron chi connectivity index (χ3n) is 6.41. The number of aromatic carboxylic acids is 1. The molecule has 0 amide bonds. The van der Waals surface area contributed by atoms with Gasteiger partial charge in [-0.25, -0.2) is 4.79 Å². The number of nitrogens with zero attached hydrogens (tertiary/aromatic N) is 2. The molecule has 2 aliphatic rings. The lowest BCUT2D eigenvalue weighted by Gasteiger charge is -2.31. The van der Waals surface area contributed by atoms with Crippen LogP contribution in [0.25, 0.3) is 22.2 Å². The zero-order valence-electron chi connectivity index (χ0n) is 17.0. The Kier molecular flexibility index (Phi) is 4.72. The summed E-state index contributed by atoms with van der Waals surface area (Å²) in [4.78, 5) is 28.9. The Bertz CT molecular complexity index is 1190. The molecule has 7 heteroatoms. The number of carbonyl (C=O) groups is 1. The van der Waals surface area contributed by atoms with E-state index in [1.807, 2.05) is 13.0 Å². The quantitative estimate of drug-likeness (QED) is 0.694. The molecule has 1 fully saturated rings.